The number of nitriles is 2. The molecule has 0 atom stereocenters. The maximum Gasteiger partial charge on any atom is 0.181 e. The summed E-state index contributed by atoms with van der Waals surface area (Å²) in [5, 5.41) is 14.5. The average Bonchev–Trinajstić information content (AvgIpc) is 2.62. The second kappa shape index (κ2) is 4.79. The van der Waals surface area contributed by atoms with Crippen molar-refractivity contribution < 1.29 is 4.79 Å². The van der Waals surface area contributed by atoms with Crippen LogP contribution in [-0.4, -0.2) is 5.78 Å². The van der Waals surface area contributed by atoms with Crippen LogP contribution in [0.2, 0.25) is 0 Å². The zero-order valence-electron chi connectivity index (χ0n) is 7.53. The van der Waals surface area contributed by atoms with E-state index in [1.165, 1.54) is 17.7 Å². The first kappa shape index (κ1) is 9.95. The highest BCUT2D eigenvalue weighted by Gasteiger charge is 2.17. The standard InChI is InChI=1S/C9H8O.C2N2/c10-9-6-5-7-3-1-2-4-8(7)9;3-1-2-4/h1-4H,5-6H2;. The maximum atomic E-state index is 11.1. The summed E-state index contributed by atoms with van der Waals surface area (Å²) in [5.74, 6) is 0.301. The van der Waals surface area contributed by atoms with Crippen LogP contribution in [0.3, 0.4) is 0 Å². The lowest BCUT2D eigenvalue weighted by Gasteiger charge is -1.92. The molecule has 0 spiro atoms. The minimum Gasteiger partial charge on any atom is -0.294 e. The fourth-order valence-corrected chi connectivity index (χ4v) is 1.39. The summed E-state index contributed by atoms with van der Waals surface area (Å²) < 4.78 is 0. The smallest absolute Gasteiger partial charge is 0.181 e. The molecule has 14 heavy (non-hydrogen) atoms. The third-order valence-corrected chi connectivity index (χ3v) is 1.99. The van der Waals surface area contributed by atoms with Crippen LogP contribution in [0.25, 0.3) is 0 Å². The van der Waals surface area contributed by atoms with Gasteiger partial charge in [-0.1, -0.05) is 24.3 Å². The van der Waals surface area contributed by atoms with E-state index in [0.717, 1.165) is 12.0 Å². The van der Waals surface area contributed by atoms with Gasteiger partial charge in [-0.25, -0.2) is 0 Å². The van der Waals surface area contributed by atoms with Crippen LogP contribution in [-0.2, 0) is 6.42 Å². The highest BCUT2D eigenvalue weighted by molar-refractivity contribution is 6.00. The molecule has 0 radical (unpaired) electrons. The molecular formula is C11H8N2O. The summed E-state index contributed by atoms with van der Waals surface area (Å²) in [5.41, 5.74) is 2.15. The van der Waals surface area contributed by atoms with Crippen LogP contribution >= 0.6 is 0 Å². The predicted octanol–water partition coefficient (Wildman–Crippen LogP) is 1.85. The van der Waals surface area contributed by atoms with Gasteiger partial charge in [0.2, 0.25) is 0 Å². The van der Waals surface area contributed by atoms with E-state index in [4.69, 9.17) is 10.5 Å². The number of hydrogen-bond acceptors (Lipinski definition) is 3. The average molecular weight is 184 g/mol. The lowest BCUT2D eigenvalue weighted by molar-refractivity contribution is 0.0994. The molecular weight excluding hydrogens is 176 g/mol. The topological polar surface area (TPSA) is 64.7 Å². The van der Waals surface area contributed by atoms with Gasteiger partial charge in [0.25, 0.3) is 0 Å². The number of hydrogen-bond donors (Lipinski definition) is 0. The molecule has 0 aromatic heterocycles. The molecule has 0 unspecified atom stereocenters. The Kier molecular flexibility index (Phi) is 3.41. The van der Waals surface area contributed by atoms with Crippen molar-refractivity contribution in [1.29, 1.82) is 10.5 Å². The minimum absolute atomic E-state index is 0.301. The molecule has 2 rings (SSSR count). The van der Waals surface area contributed by atoms with E-state index < -0.39 is 0 Å². The molecule has 1 aliphatic carbocycles. The van der Waals surface area contributed by atoms with Crippen molar-refractivity contribution in [3.63, 3.8) is 0 Å². The van der Waals surface area contributed by atoms with Gasteiger partial charge in [-0.05, 0) is 12.0 Å². The van der Waals surface area contributed by atoms with Gasteiger partial charge < -0.3 is 0 Å². The molecule has 1 aromatic carbocycles. The Morgan fingerprint density at radius 2 is 1.71 bits per heavy atom. The fourth-order valence-electron chi connectivity index (χ4n) is 1.39. The van der Waals surface area contributed by atoms with Crippen LogP contribution in [0, 0.1) is 22.7 Å². The molecule has 3 heteroatoms. The highest BCUT2D eigenvalue weighted by Crippen LogP contribution is 2.20. The van der Waals surface area contributed by atoms with Crippen LogP contribution in [0.1, 0.15) is 22.3 Å². The maximum absolute atomic E-state index is 11.1. The second-order valence-electron chi connectivity index (χ2n) is 2.80. The van der Waals surface area contributed by atoms with Gasteiger partial charge in [0.1, 0.15) is 0 Å². The monoisotopic (exact) mass is 184 g/mol. The molecule has 0 amide bonds. The molecule has 0 heterocycles. The van der Waals surface area contributed by atoms with Crippen molar-refractivity contribution in [1.82, 2.24) is 0 Å². The molecule has 1 aliphatic rings. The quantitative estimate of drug-likeness (QED) is 0.618. The Labute approximate surface area is 82.2 Å². The number of aryl methyl sites for hydroxylation is 1. The molecule has 0 fully saturated rings. The third kappa shape index (κ3) is 2.18. The molecule has 3 nitrogen and oxygen atoms in total. The van der Waals surface area contributed by atoms with Gasteiger partial charge in [-0.3, -0.25) is 4.79 Å². The number of carbonyl (C=O) groups is 1. The van der Waals surface area contributed by atoms with Crippen LogP contribution in [0.15, 0.2) is 24.3 Å². The van der Waals surface area contributed by atoms with E-state index in [9.17, 15) is 4.79 Å². The summed E-state index contributed by atoms with van der Waals surface area (Å²) in [6.45, 7) is 0. The van der Waals surface area contributed by atoms with E-state index in [2.05, 4.69) is 0 Å². The van der Waals surface area contributed by atoms with Crippen LogP contribution in [0.5, 0.6) is 0 Å². The summed E-state index contributed by atoms with van der Waals surface area (Å²) >= 11 is 0. The zero-order valence-corrected chi connectivity index (χ0v) is 7.53. The molecule has 0 aliphatic heterocycles. The Hall–Kier alpha value is -2.13. The molecule has 0 N–H and O–H groups in total. The fraction of sp³-hybridized carbons (Fsp3) is 0.182. The number of ketones is 1. The first-order chi connectivity index (χ1) is 6.79. The normalized spacial score (nSPS) is 11.7. The Balaban J connectivity index is 0.000000213. The summed E-state index contributed by atoms with van der Waals surface area (Å²) in [7, 11) is 0. The Morgan fingerprint density at radius 3 is 2.29 bits per heavy atom. The number of Topliss-reactive ketones (excluding diaryl/α,β-unsaturated/α-hetero) is 1. The number of benzene rings is 1. The number of rotatable bonds is 0. The van der Waals surface area contributed by atoms with E-state index in [0.29, 0.717) is 12.2 Å². The number of fused-ring (bicyclic) bond motifs is 1. The largest absolute Gasteiger partial charge is 0.294 e. The summed E-state index contributed by atoms with van der Waals surface area (Å²) in [6, 6.07) is 10.3. The number of carbonyl (C=O) groups excluding carboxylic acids is 1. The van der Waals surface area contributed by atoms with E-state index in [-0.39, 0.29) is 0 Å². The van der Waals surface area contributed by atoms with Crippen molar-refractivity contribution in [2.75, 3.05) is 0 Å². The second-order valence-corrected chi connectivity index (χ2v) is 2.80. The van der Waals surface area contributed by atoms with Gasteiger partial charge in [-0.15, -0.1) is 0 Å². The van der Waals surface area contributed by atoms with Crippen LogP contribution in [0.4, 0.5) is 0 Å². The molecule has 0 saturated carbocycles. The molecule has 0 saturated heterocycles. The molecule has 0 bridgehead atoms. The highest BCUT2D eigenvalue weighted by atomic mass is 16.1. The molecule has 1 aromatic rings. The van der Waals surface area contributed by atoms with Crippen molar-refractivity contribution in [3.8, 4) is 12.1 Å². The zero-order chi connectivity index (χ0) is 10.4. The minimum atomic E-state index is 0.301. The van der Waals surface area contributed by atoms with Gasteiger partial charge in [-0.2, -0.15) is 10.5 Å². The first-order valence-corrected chi connectivity index (χ1v) is 4.19. The lowest BCUT2D eigenvalue weighted by atomic mass is 10.1. The van der Waals surface area contributed by atoms with Gasteiger partial charge >= 0.3 is 0 Å². The van der Waals surface area contributed by atoms with Crippen molar-refractivity contribution in [2.45, 2.75) is 12.8 Å². The van der Waals surface area contributed by atoms with E-state index >= 15 is 0 Å². The Bertz CT molecular complexity index is 412. The predicted molar refractivity (Wildman–Crippen MR) is 50.3 cm³/mol. The van der Waals surface area contributed by atoms with Gasteiger partial charge in [0.05, 0.1) is 0 Å². The van der Waals surface area contributed by atoms with Crippen molar-refractivity contribution >= 4 is 5.78 Å². The number of nitrogens with zero attached hydrogens (tertiary/aromatic N) is 2. The van der Waals surface area contributed by atoms with Crippen molar-refractivity contribution in [3.05, 3.63) is 35.4 Å². The van der Waals surface area contributed by atoms with Crippen molar-refractivity contribution in [2.24, 2.45) is 0 Å². The van der Waals surface area contributed by atoms with E-state index in [1.54, 1.807) is 0 Å². The Morgan fingerprint density at radius 1 is 1.07 bits per heavy atom. The van der Waals surface area contributed by atoms with Gasteiger partial charge in [0.15, 0.2) is 17.9 Å². The first-order valence-electron chi connectivity index (χ1n) is 4.19. The molecule has 68 valence electrons. The summed E-state index contributed by atoms with van der Waals surface area (Å²) in [4.78, 5) is 11.1. The van der Waals surface area contributed by atoms with Crippen LogP contribution < -0.4 is 0 Å². The third-order valence-electron chi connectivity index (χ3n) is 1.99. The summed E-state index contributed by atoms with van der Waals surface area (Å²) in [6.07, 6.45) is 1.65. The van der Waals surface area contributed by atoms with Gasteiger partial charge in [0, 0.05) is 12.0 Å². The SMILES string of the molecule is N#CC#N.O=C1CCc2ccccc21. The lowest BCUT2D eigenvalue weighted by Crippen LogP contribution is -1.88. The van der Waals surface area contributed by atoms with E-state index in [1.807, 2.05) is 24.3 Å².